The molecule has 0 heterocycles. The predicted molar refractivity (Wildman–Crippen MR) is 56.8 cm³/mol. The van der Waals surface area contributed by atoms with Gasteiger partial charge < -0.3 is 4.74 Å². The van der Waals surface area contributed by atoms with Crippen LogP contribution in [0.2, 0.25) is 0 Å². The van der Waals surface area contributed by atoms with Crippen LogP contribution in [0.25, 0.3) is 0 Å². The lowest BCUT2D eigenvalue weighted by molar-refractivity contribution is -0.150. The molecule has 0 aromatic heterocycles. The molecule has 14 heavy (non-hydrogen) atoms. The molecular formula is C12H20O2. The maximum absolute atomic E-state index is 11.7. The summed E-state index contributed by atoms with van der Waals surface area (Å²) >= 11 is 0. The maximum Gasteiger partial charge on any atom is 0.309 e. The van der Waals surface area contributed by atoms with E-state index in [2.05, 4.69) is 13.5 Å². The van der Waals surface area contributed by atoms with Crippen molar-refractivity contribution in [3.63, 3.8) is 0 Å². The minimum Gasteiger partial charge on any atom is -0.466 e. The van der Waals surface area contributed by atoms with Crippen molar-refractivity contribution in [3.05, 3.63) is 12.2 Å². The molecule has 0 aliphatic heterocycles. The largest absolute Gasteiger partial charge is 0.466 e. The van der Waals surface area contributed by atoms with Crippen LogP contribution < -0.4 is 0 Å². The number of hydrogen-bond acceptors (Lipinski definition) is 2. The Morgan fingerprint density at radius 2 is 2.14 bits per heavy atom. The van der Waals surface area contributed by atoms with Gasteiger partial charge in [-0.3, -0.25) is 4.79 Å². The van der Waals surface area contributed by atoms with Gasteiger partial charge in [0.1, 0.15) is 0 Å². The normalized spacial score (nSPS) is 31.5. The molecule has 0 amide bonds. The Morgan fingerprint density at radius 1 is 1.50 bits per heavy atom. The molecule has 0 aromatic rings. The van der Waals surface area contributed by atoms with E-state index in [1.54, 1.807) is 0 Å². The smallest absolute Gasteiger partial charge is 0.309 e. The van der Waals surface area contributed by atoms with Crippen LogP contribution in [0.4, 0.5) is 0 Å². The summed E-state index contributed by atoms with van der Waals surface area (Å²) in [7, 11) is 0. The van der Waals surface area contributed by atoms with E-state index in [-0.39, 0.29) is 11.9 Å². The van der Waals surface area contributed by atoms with Gasteiger partial charge in [0.15, 0.2) is 0 Å². The van der Waals surface area contributed by atoms with E-state index >= 15 is 0 Å². The number of hydrogen-bond donors (Lipinski definition) is 0. The number of carbonyl (C=O) groups is 1. The third-order valence-corrected chi connectivity index (χ3v) is 3.17. The Labute approximate surface area is 86.3 Å². The quantitative estimate of drug-likeness (QED) is 0.512. The molecule has 80 valence electrons. The zero-order valence-electron chi connectivity index (χ0n) is 9.38. The Balaban J connectivity index is 2.71. The Kier molecular flexibility index (Phi) is 3.73. The standard InChI is InChI=1S/C12H20O2/c1-5-14-12(13)11-9(4)6-7-10(11)8(2)3/h9-11H,2,5-7H2,1,3-4H3/t9-,10-,11+/m0/s1. The first kappa shape index (κ1) is 11.3. The molecule has 0 unspecified atom stereocenters. The molecule has 0 bridgehead atoms. The van der Waals surface area contributed by atoms with Crippen LogP contribution in [0.15, 0.2) is 12.2 Å². The van der Waals surface area contributed by atoms with E-state index in [9.17, 15) is 4.79 Å². The van der Waals surface area contributed by atoms with Crippen LogP contribution in [0, 0.1) is 17.8 Å². The van der Waals surface area contributed by atoms with Gasteiger partial charge in [0.25, 0.3) is 0 Å². The highest BCUT2D eigenvalue weighted by molar-refractivity contribution is 5.74. The molecule has 3 atom stereocenters. The van der Waals surface area contributed by atoms with E-state index < -0.39 is 0 Å². The number of rotatable bonds is 3. The molecule has 1 fully saturated rings. The van der Waals surface area contributed by atoms with E-state index in [1.807, 2.05) is 13.8 Å². The second kappa shape index (κ2) is 4.63. The molecule has 0 N–H and O–H groups in total. The highest BCUT2D eigenvalue weighted by Crippen LogP contribution is 2.40. The Morgan fingerprint density at radius 3 is 2.64 bits per heavy atom. The second-order valence-electron chi connectivity index (χ2n) is 4.29. The van der Waals surface area contributed by atoms with Gasteiger partial charge >= 0.3 is 5.97 Å². The first-order valence-electron chi connectivity index (χ1n) is 5.40. The summed E-state index contributed by atoms with van der Waals surface area (Å²) in [5, 5.41) is 0. The highest BCUT2D eigenvalue weighted by Gasteiger charge is 2.39. The molecule has 1 aliphatic carbocycles. The average Bonchev–Trinajstić information content (AvgIpc) is 2.47. The van der Waals surface area contributed by atoms with Crippen molar-refractivity contribution in [1.29, 1.82) is 0 Å². The summed E-state index contributed by atoms with van der Waals surface area (Å²) in [4.78, 5) is 11.7. The summed E-state index contributed by atoms with van der Waals surface area (Å²) < 4.78 is 5.10. The van der Waals surface area contributed by atoms with Crippen molar-refractivity contribution in [3.8, 4) is 0 Å². The first-order valence-corrected chi connectivity index (χ1v) is 5.40. The zero-order valence-corrected chi connectivity index (χ0v) is 9.38. The van der Waals surface area contributed by atoms with Gasteiger partial charge in [-0.25, -0.2) is 0 Å². The third kappa shape index (κ3) is 2.17. The summed E-state index contributed by atoms with van der Waals surface area (Å²) in [6.45, 7) is 10.4. The minimum absolute atomic E-state index is 0.0366. The lowest BCUT2D eigenvalue weighted by atomic mass is 9.86. The summed E-state index contributed by atoms with van der Waals surface area (Å²) in [6, 6.07) is 0. The number of esters is 1. The molecular weight excluding hydrogens is 176 g/mol. The monoisotopic (exact) mass is 196 g/mol. The van der Waals surface area contributed by atoms with E-state index in [0.717, 1.165) is 18.4 Å². The van der Waals surface area contributed by atoms with Gasteiger partial charge in [0.05, 0.1) is 12.5 Å². The third-order valence-electron chi connectivity index (χ3n) is 3.17. The molecule has 0 spiro atoms. The highest BCUT2D eigenvalue weighted by atomic mass is 16.5. The molecule has 1 saturated carbocycles. The summed E-state index contributed by atoms with van der Waals surface area (Å²) in [5.74, 6) is 0.790. The van der Waals surface area contributed by atoms with Crippen molar-refractivity contribution < 1.29 is 9.53 Å². The fourth-order valence-corrected chi connectivity index (χ4v) is 2.39. The van der Waals surface area contributed by atoms with E-state index in [4.69, 9.17) is 4.74 Å². The van der Waals surface area contributed by atoms with Gasteiger partial charge in [0.2, 0.25) is 0 Å². The number of carbonyl (C=O) groups excluding carboxylic acids is 1. The van der Waals surface area contributed by atoms with Gasteiger partial charge in [-0.15, -0.1) is 0 Å². The predicted octanol–water partition coefficient (Wildman–Crippen LogP) is 2.79. The first-order chi connectivity index (χ1) is 6.57. The van der Waals surface area contributed by atoms with Crippen LogP contribution in [0.3, 0.4) is 0 Å². The van der Waals surface area contributed by atoms with Crippen LogP contribution in [0.1, 0.15) is 33.6 Å². The lowest BCUT2D eigenvalue weighted by Crippen LogP contribution is -2.26. The molecule has 0 radical (unpaired) electrons. The van der Waals surface area contributed by atoms with Crippen LogP contribution in [0.5, 0.6) is 0 Å². The molecule has 0 saturated heterocycles. The fraction of sp³-hybridized carbons (Fsp3) is 0.750. The Bertz CT molecular complexity index is 232. The van der Waals surface area contributed by atoms with Crippen molar-refractivity contribution >= 4 is 5.97 Å². The van der Waals surface area contributed by atoms with Gasteiger partial charge in [0, 0.05) is 0 Å². The van der Waals surface area contributed by atoms with Crippen molar-refractivity contribution in [2.24, 2.45) is 17.8 Å². The van der Waals surface area contributed by atoms with Gasteiger partial charge in [-0.05, 0) is 38.5 Å². The Hall–Kier alpha value is -0.790. The molecule has 0 aromatic carbocycles. The van der Waals surface area contributed by atoms with Crippen LogP contribution >= 0.6 is 0 Å². The van der Waals surface area contributed by atoms with Crippen molar-refractivity contribution in [2.45, 2.75) is 33.6 Å². The molecule has 1 aliphatic rings. The lowest BCUT2D eigenvalue weighted by Gasteiger charge is -2.21. The average molecular weight is 196 g/mol. The summed E-state index contributed by atoms with van der Waals surface area (Å²) in [6.07, 6.45) is 2.20. The van der Waals surface area contributed by atoms with Crippen molar-refractivity contribution in [1.82, 2.24) is 0 Å². The zero-order chi connectivity index (χ0) is 10.7. The van der Waals surface area contributed by atoms with Crippen molar-refractivity contribution in [2.75, 3.05) is 6.61 Å². The SMILES string of the molecule is C=C(C)[C@@H]1CC[C@H](C)[C@H]1C(=O)OCC. The molecule has 1 rings (SSSR count). The maximum atomic E-state index is 11.7. The van der Waals surface area contributed by atoms with Crippen LogP contribution in [-0.2, 0) is 9.53 Å². The van der Waals surface area contributed by atoms with Gasteiger partial charge in [-0.1, -0.05) is 19.1 Å². The number of allylic oxidation sites excluding steroid dienone is 1. The molecule has 2 heteroatoms. The molecule has 2 nitrogen and oxygen atoms in total. The second-order valence-corrected chi connectivity index (χ2v) is 4.29. The fourth-order valence-electron chi connectivity index (χ4n) is 2.39. The van der Waals surface area contributed by atoms with Gasteiger partial charge in [-0.2, -0.15) is 0 Å². The summed E-state index contributed by atoms with van der Waals surface area (Å²) in [5.41, 5.74) is 1.12. The minimum atomic E-state index is -0.0366. The topological polar surface area (TPSA) is 26.3 Å². The van der Waals surface area contributed by atoms with Crippen LogP contribution in [-0.4, -0.2) is 12.6 Å². The van der Waals surface area contributed by atoms with E-state index in [1.165, 1.54) is 0 Å². The number of ether oxygens (including phenoxy) is 1. The van der Waals surface area contributed by atoms with E-state index in [0.29, 0.717) is 18.4 Å².